The molecular weight excluding hydrogens is 432 g/mol. The summed E-state index contributed by atoms with van der Waals surface area (Å²) < 4.78 is 7.87. The van der Waals surface area contributed by atoms with Crippen LogP contribution in [-0.2, 0) is 4.79 Å². The smallest absolute Gasteiger partial charge is 0.313 e. The Morgan fingerprint density at radius 3 is 2.47 bits per heavy atom. The second kappa shape index (κ2) is 9.10. The minimum atomic E-state index is -0.889. The molecule has 0 bridgehead atoms. The number of likely N-dealkylation sites (tertiary alicyclic amines) is 1. The van der Waals surface area contributed by atoms with E-state index >= 15 is 0 Å². The van der Waals surface area contributed by atoms with E-state index in [1.165, 1.54) is 0 Å². The van der Waals surface area contributed by atoms with Gasteiger partial charge in [-0.15, -0.1) is 0 Å². The van der Waals surface area contributed by atoms with E-state index < -0.39 is 11.4 Å². The minimum Gasteiger partial charge on any atom is -0.491 e. The Morgan fingerprint density at radius 2 is 1.88 bits per heavy atom. The molecule has 1 aliphatic rings. The van der Waals surface area contributed by atoms with Crippen LogP contribution in [0.25, 0.3) is 16.7 Å². The number of pyridine rings is 1. The molecule has 8 heteroatoms. The van der Waals surface area contributed by atoms with Gasteiger partial charge in [-0.25, -0.2) is 4.98 Å². The first-order chi connectivity index (χ1) is 16.1. The maximum atomic E-state index is 12.1. The zero-order chi connectivity index (χ0) is 24.5. The molecule has 1 amide bonds. The van der Waals surface area contributed by atoms with Gasteiger partial charge in [-0.2, -0.15) is 0 Å². The second-order valence-corrected chi connectivity index (χ2v) is 9.92. The molecule has 0 aliphatic carbocycles. The molecule has 0 radical (unpaired) electrons. The molecule has 34 heavy (non-hydrogen) atoms. The Kier molecular flexibility index (Phi) is 6.36. The van der Waals surface area contributed by atoms with Crippen LogP contribution in [0.2, 0.25) is 0 Å². The molecule has 0 spiro atoms. The molecule has 1 saturated heterocycles. The van der Waals surface area contributed by atoms with Gasteiger partial charge < -0.3 is 19.7 Å². The summed E-state index contributed by atoms with van der Waals surface area (Å²) in [6.45, 7) is 8.05. The number of carbonyl (C=O) groups is 2. The van der Waals surface area contributed by atoms with Crippen LogP contribution in [0.15, 0.2) is 48.8 Å². The number of benzene rings is 1. The van der Waals surface area contributed by atoms with Crippen molar-refractivity contribution in [2.24, 2.45) is 5.41 Å². The predicted molar refractivity (Wildman–Crippen MR) is 131 cm³/mol. The van der Waals surface area contributed by atoms with Gasteiger partial charge in [0.25, 0.3) is 5.91 Å². The lowest BCUT2D eigenvalue weighted by Gasteiger charge is -2.44. The first-order valence-electron chi connectivity index (χ1n) is 11.5. The van der Waals surface area contributed by atoms with Crippen molar-refractivity contribution in [3.63, 3.8) is 0 Å². The van der Waals surface area contributed by atoms with Crippen LogP contribution in [0.3, 0.4) is 0 Å². The molecule has 4 rings (SSSR count). The fourth-order valence-electron chi connectivity index (χ4n) is 4.48. The number of rotatable bonds is 6. The molecule has 0 atom stereocenters. The highest BCUT2D eigenvalue weighted by Crippen LogP contribution is 2.35. The largest absolute Gasteiger partial charge is 0.491 e. The summed E-state index contributed by atoms with van der Waals surface area (Å²) in [7, 11) is 1.61. The highest BCUT2D eigenvalue weighted by molar-refractivity contribution is 5.98. The fourth-order valence-corrected chi connectivity index (χ4v) is 4.48. The normalized spacial score (nSPS) is 16.4. The Bertz CT molecular complexity index is 1190. The molecule has 0 unspecified atom stereocenters. The number of carboxylic acids is 1. The number of carboxylic acid groups (broad SMARTS) is 1. The summed E-state index contributed by atoms with van der Waals surface area (Å²) in [6, 6.07) is 11.1. The van der Waals surface area contributed by atoms with Crippen molar-refractivity contribution in [2.75, 3.05) is 26.7 Å². The van der Waals surface area contributed by atoms with Crippen LogP contribution in [0.5, 0.6) is 5.75 Å². The molecule has 8 nitrogen and oxygen atoms in total. The highest BCUT2D eigenvalue weighted by Gasteiger charge is 2.44. The number of hydrogen-bond donors (Lipinski definition) is 2. The van der Waals surface area contributed by atoms with Crippen molar-refractivity contribution < 1.29 is 19.4 Å². The minimum absolute atomic E-state index is 0.0257. The van der Waals surface area contributed by atoms with Crippen molar-refractivity contribution in [1.82, 2.24) is 19.8 Å². The van der Waals surface area contributed by atoms with Crippen LogP contribution in [0.4, 0.5) is 0 Å². The quantitative estimate of drug-likeness (QED) is 0.577. The number of piperidine rings is 1. The Hall–Kier alpha value is -3.39. The first-order valence-corrected chi connectivity index (χ1v) is 11.5. The van der Waals surface area contributed by atoms with Crippen LogP contribution < -0.4 is 10.1 Å². The number of aromatic nitrogens is 2. The molecule has 3 heterocycles. The number of nitrogens with one attached hydrogen (secondary N) is 1. The Labute approximate surface area is 199 Å². The van der Waals surface area contributed by atoms with Crippen molar-refractivity contribution in [3.05, 3.63) is 54.4 Å². The van der Waals surface area contributed by atoms with Crippen molar-refractivity contribution >= 4 is 22.8 Å². The zero-order valence-corrected chi connectivity index (χ0v) is 20.2. The van der Waals surface area contributed by atoms with E-state index in [-0.39, 0.29) is 18.1 Å². The van der Waals surface area contributed by atoms with Gasteiger partial charge in [-0.05, 0) is 83.1 Å². The van der Waals surface area contributed by atoms with Crippen LogP contribution in [-0.4, -0.2) is 63.7 Å². The van der Waals surface area contributed by atoms with E-state index in [0.29, 0.717) is 30.0 Å². The number of carbonyl (C=O) groups excluding carboxylic acids is 1. The van der Waals surface area contributed by atoms with Gasteiger partial charge in [-0.3, -0.25) is 14.5 Å². The van der Waals surface area contributed by atoms with Crippen LogP contribution >= 0.6 is 0 Å². The summed E-state index contributed by atoms with van der Waals surface area (Å²) in [5, 5.41) is 13.5. The van der Waals surface area contributed by atoms with E-state index in [1.54, 1.807) is 19.3 Å². The lowest BCUT2D eigenvalue weighted by atomic mass is 9.78. The summed E-state index contributed by atoms with van der Waals surface area (Å²) >= 11 is 0. The maximum absolute atomic E-state index is 12.1. The van der Waals surface area contributed by atoms with Gasteiger partial charge >= 0.3 is 5.97 Å². The van der Waals surface area contributed by atoms with Crippen molar-refractivity contribution in [3.8, 4) is 11.6 Å². The molecule has 180 valence electrons. The molecule has 2 N–H and O–H groups in total. The number of nitrogens with zero attached hydrogens (tertiary/aromatic N) is 3. The van der Waals surface area contributed by atoms with Gasteiger partial charge in [0.2, 0.25) is 0 Å². The maximum Gasteiger partial charge on any atom is 0.313 e. The second-order valence-electron chi connectivity index (χ2n) is 9.92. The summed E-state index contributed by atoms with van der Waals surface area (Å²) in [4.78, 5) is 30.9. The number of aliphatic carboxylic acids is 1. The van der Waals surface area contributed by atoms with E-state index in [4.69, 9.17) is 4.74 Å². The summed E-state index contributed by atoms with van der Waals surface area (Å²) in [5.74, 6) is 0.320. The van der Waals surface area contributed by atoms with Gasteiger partial charge in [0.1, 0.15) is 23.6 Å². The van der Waals surface area contributed by atoms with Gasteiger partial charge in [0.05, 0.1) is 11.7 Å². The topological polar surface area (TPSA) is 96.7 Å². The number of amides is 1. The Morgan fingerprint density at radius 1 is 1.15 bits per heavy atom. The third-order valence-electron chi connectivity index (χ3n) is 6.79. The molecule has 0 saturated carbocycles. The first kappa shape index (κ1) is 23.8. The summed E-state index contributed by atoms with van der Waals surface area (Å²) in [5.41, 5.74) is 0.673. The van der Waals surface area contributed by atoms with Crippen molar-refractivity contribution in [2.45, 2.75) is 39.2 Å². The fraction of sp³-hybridized carbons (Fsp3) is 0.423. The molecule has 1 fully saturated rings. The van der Waals surface area contributed by atoms with E-state index in [2.05, 4.69) is 36.0 Å². The zero-order valence-electron chi connectivity index (χ0n) is 20.2. The molecule has 1 aromatic carbocycles. The van der Waals surface area contributed by atoms with Gasteiger partial charge in [0.15, 0.2) is 0 Å². The number of fused-ring (bicyclic) bond motifs is 1. The monoisotopic (exact) mass is 464 g/mol. The molecular formula is C26H32N4O4. The van der Waals surface area contributed by atoms with Crippen LogP contribution in [0.1, 0.15) is 44.0 Å². The number of ether oxygens (including phenoxy) is 1. The third-order valence-corrected chi connectivity index (χ3v) is 6.79. The Balaban J connectivity index is 1.46. The lowest BCUT2D eigenvalue weighted by Crippen LogP contribution is -2.52. The summed E-state index contributed by atoms with van der Waals surface area (Å²) in [6.07, 6.45) is 4.64. The standard InChI is InChI=1S/C26H32N4O4/c1-25(2,3)29-13-10-26(11-14-29,24(32)33)17-34-20-6-8-22(28-16-20)30-12-9-18-15-19(23(31)27-4)5-7-21(18)30/h5-9,12,15-16H,10-11,13-14,17H2,1-4H3,(H,27,31)(H,32,33). The molecule has 2 aromatic heterocycles. The average Bonchev–Trinajstić information content (AvgIpc) is 3.25. The van der Waals surface area contributed by atoms with Crippen molar-refractivity contribution in [1.29, 1.82) is 0 Å². The van der Waals surface area contributed by atoms with E-state index in [0.717, 1.165) is 24.0 Å². The third kappa shape index (κ3) is 4.63. The lowest BCUT2D eigenvalue weighted by molar-refractivity contribution is -0.155. The van der Waals surface area contributed by atoms with Crippen LogP contribution in [0, 0.1) is 5.41 Å². The van der Waals surface area contributed by atoms with Gasteiger partial charge in [0, 0.05) is 29.7 Å². The van der Waals surface area contributed by atoms with E-state index in [1.807, 2.05) is 41.1 Å². The van der Waals surface area contributed by atoms with E-state index in [9.17, 15) is 14.7 Å². The predicted octanol–water partition coefficient (Wildman–Crippen LogP) is 3.73. The molecule has 3 aromatic rings. The molecule has 1 aliphatic heterocycles. The SMILES string of the molecule is CNC(=O)c1ccc2c(ccn2-c2ccc(OCC3(C(=O)O)CCN(C(C)(C)C)CC3)cn2)c1. The van der Waals surface area contributed by atoms with Gasteiger partial charge in [-0.1, -0.05) is 0 Å². The average molecular weight is 465 g/mol. The highest BCUT2D eigenvalue weighted by atomic mass is 16.5. The number of hydrogen-bond acceptors (Lipinski definition) is 5.